The molecule has 12 heavy (non-hydrogen) atoms. The van der Waals surface area contributed by atoms with E-state index in [2.05, 4.69) is 27.7 Å². The molecule has 70 valence electrons. The van der Waals surface area contributed by atoms with Crippen LogP contribution in [0.2, 0.25) is 0 Å². The van der Waals surface area contributed by atoms with E-state index in [0.29, 0.717) is 0 Å². The van der Waals surface area contributed by atoms with Crippen molar-refractivity contribution in [2.24, 2.45) is 0 Å². The van der Waals surface area contributed by atoms with Gasteiger partial charge in [-0.3, -0.25) is 0 Å². The molecule has 0 heterocycles. The van der Waals surface area contributed by atoms with Gasteiger partial charge in [-0.15, -0.1) is 0 Å². The van der Waals surface area contributed by atoms with Crippen LogP contribution < -0.4 is 0 Å². The molecule has 0 aromatic carbocycles. The largest absolute Gasteiger partial charge is 0.392 e. The second-order valence-electron chi connectivity index (χ2n) is 3.51. The molecule has 1 N–H and O–H groups in total. The summed E-state index contributed by atoms with van der Waals surface area (Å²) in [5, 5.41) is 8.62. The van der Waals surface area contributed by atoms with Gasteiger partial charge in [0.05, 0.1) is 6.61 Å². The van der Waals surface area contributed by atoms with E-state index in [1.807, 2.05) is 6.08 Å². The van der Waals surface area contributed by atoms with Crippen LogP contribution in [0.3, 0.4) is 0 Å². The molecular weight excluding hydrogens is 148 g/mol. The van der Waals surface area contributed by atoms with Crippen LogP contribution in [0.4, 0.5) is 0 Å². The van der Waals surface area contributed by atoms with Crippen molar-refractivity contribution in [3.05, 3.63) is 22.8 Å². The van der Waals surface area contributed by atoms with E-state index in [-0.39, 0.29) is 6.61 Å². The van der Waals surface area contributed by atoms with Crippen molar-refractivity contribution < 1.29 is 5.11 Å². The van der Waals surface area contributed by atoms with E-state index < -0.39 is 0 Å². The number of hydrogen-bond donors (Lipinski definition) is 1. The number of allylic oxidation sites excluding steroid dienone is 3. The first-order valence-corrected chi connectivity index (χ1v) is 4.47. The third-order valence-electron chi connectivity index (χ3n) is 2.19. The lowest BCUT2D eigenvalue weighted by molar-refractivity contribution is 0.341. The summed E-state index contributed by atoms with van der Waals surface area (Å²) in [7, 11) is 0. The molecule has 0 aliphatic rings. The normalized spacial score (nSPS) is 11.6. The molecule has 0 aromatic heterocycles. The third-order valence-corrected chi connectivity index (χ3v) is 2.19. The second kappa shape index (κ2) is 6.01. The summed E-state index contributed by atoms with van der Waals surface area (Å²) in [6, 6.07) is 0. The Morgan fingerprint density at radius 3 is 2.08 bits per heavy atom. The molecule has 0 radical (unpaired) electrons. The third kappa shape index (κ3) is 5.14. The van der Waals surface area contributed by atoms with E-state index in [0.717, 1.165) is 12.8 Å². The van der Waals surface area contributed by atoms with E-state index in [4.69, 9.17) is 5.11 Å². The van der Waals surface area contributed by atoms with Crippen molar-refractivity contribution in [2.45, 2.75) is 40.5 Å². The maximum absolute atomic E-state index is 8.62. The molecule has 0 fully saturated rings. The molecule has 0 bridgehead atoms. The Morgan fingerprint density at radius 1 is 1.08 bits per heavy atom. The predicted molar refractivity (Wildman–Crippen MR) is 54.1 cm³/mol. The SMILES string of the molecule is CC(C)=C(C)CC/C(C)=C/CO. The molecule has 0 saturated heterocycles. The fourth-order valence-corrected chi connectivity index (χ4v) is 0.893. The first-order valence-electron chi connectivity index (χ1n) is 4.47. The van der Waals surface area contributed by atoms with Gasteiger partial charge in [-0.05, 0) is 40.5 Å². The van der Waals surface area contributed by atoms with E-state index in [1.54, 1.807) is 0 Å². The van der Waals surface area contributed by atoms with Crippen LogP contribution in [0.15, 0.2) is 22.8 Å². The second-order valence-corrected chi connectivity index (χ2v) is 3.51. The number of aliphatic hydroxyl groups excluding tert-OH is 1. The van der Waals surface area contributed by atoms with Crippen LogP contribution in [-0.4, -0.2) is 11.7 Å². The molecule has 0 saturated carbocycles. The van der Waals surface area contributed by atoms with Gasteiger partial charge in [0.25, 0.3) is 0 Å². The van der Waals surface area contributed by atoms with Gasteiger partial charge in [-0.25, -0.2) is 0 Å². The molecule has 1 heteroatoms. The minimum Gasteiger partial charge on any atom is -0.392 e. The van der Waals surface area contributed by atoms with Crippen LogP contribution >= 0.6 is 0 Å². The number of aliphatic hydroxyl groups is 1. The van der Waals surface area contributed by atoms with E-state index in [9.17, 15) is 0 Å². The lowest BCUT2D eigenvalue weighted by Gasteiger charge is -2.03. The monoisotopic (exact) mass is 168 g/mol. The highest BCUT2D eigenvalue weighted by Gasteiger charge is 1.93. The van der Waals surface area contributed by atoms with Crippen molar-refractivity contribution >= 4 is 0 Å². The zero-order chi connectivity index (χ0) is 9.56. The molecule has 0 amide bonds. The smallest absolute Gasteiger partial charge is 0.0614 e. The highest BCUT2D eigenvalue weighted by atomic mass is 16.2. The first kappa shape index (κ1) is 11.4. The summed E-state index contributed by atoms with van der Waals surface area (Å²) in [5.41, 5.74) is 4.14. The Kier molecular flexibility index (Phi) is 5.73. The average Bonchev–Trinajstić information content (AvgIpc) is 2.00. The molecule has 0 aliphatic heterocycles. The zero-order valence-electron chi connectivity index (χ0n) is 8.65. The van der Waals surface area contributed by atoms with Crippen molar-refractivity contribution in [2.75, 3.05) is 6.61 Å². The van der Waals surface area contributed by atoms with Gasteiger partial charge in [-0.2, -0.15) is 0 Å². The molecule has 0 spiro atoms. The molecule has 1 nitrogen and oxygen atoms in total. The molecule has 0 rings (SSSR count). The summed E-state index contributed by atoms with van der Waals surface area (Å²) in [6.07, 6.45) is 4.06. The maximum Gasteiger partial charge on any atom is 0.0614 e. The van der Waals surface area contributed by atoms with Gasteiger partial charge in [-0.1, -0.05) is 22.8 Å². The van der Waals surface area contributed by atoms with Gasteiger partial charge in [0.15, 0.2) is 0 Å². The molecule has 0 aromatic rings. The number of hydrogen-bond acceptors (Lipinski definition) is 1. The molecular formula is C11H20O. The van der Waals surface area contributed by atoms with Crippen molar-refractivity contribution in [1.82, 2.24) is 0 Å². The Labute approximate surface area is 75.8 Å². The summed E-state index contributed by atoms with van der Waals surface area (Å²) in [4.78, 5) is 0. The van der Waals surface area contributed by atoms with Gasteiger partial charge in [0.1, 0.15) is 0 Å². The van der Waals surface area contributed by atoms with Crippen molar-refractivity contribution in [3.8, 4) is 0 Å². The standard InChI is InChI=1S/C11H20O/c1-9(2)11(4)6-5-10(3)7-8-12/h7,12H,5-6,8H2,1-4H3/b10-7+. The van der Waals surface area contributed by atoms with Gasteiger partial charge in [0, 0.05) is 0 Å². The quantitative estimate of drug-likeness (QED) is 0.640. The Balaban J connectivity index is 3.84. The topological polar surface area (TPSA) is 20.2 Å². The predicted octanol–water partition coefficient (Wildman–Crippen LogP) is 3.06. The van der Waals surface area contributed by atoms with Gasteiger partial charge < -0.3 is 5.11 Å². The minimum atomic E-state index is 0.166. The van der Waals surface area contributed by atoms with E-state index >= 15 is 0 Å². The van der Waals surface area contributed by atoms with E-state index in [1.165, 1.54) is 16.7 Å². The Bertz CT molecular complexity index is 183. The van der Waals surface area contributed by atoms with Crippen LogP contribution in [0.5, 0.6) is 0 Å². The Hall–Kier alpha value is -0.560. The summed E-state index contributed by atoms with van der Waals surface area (Å²) in [6.45, 7) is 8.68. The molecule has 0 atom stereocenters. The van der Waals surface area contributed by atoms with Crippen molar-refractivity contribution in [1.29, 1.82) is 0 Å². The highest BCUT2D eigenvalue weighted by Crippen LogP contribution is 2.13. The lowest BCUT2D eigenvalue weighted by atomic mass is 10.0. The highest BCUT2D eigenvalue weighted by molar-refractivity contribution is 5.09. The maximum atomic E-state index is 8.62. The summed E-state index contributed by atoms with van der Waals surface area (Å²) >= 11 is 0. The summed E-state index contributed by atoms with van der Waals surface area (Å²) < 4.78 is 0. The van der Waals surface area contributed by atoms with Crippen LogP contribution in [0.1, 0.15) is 40.5 Å². The molecule has 0 unspecified atom stereocenters. The fraction of sp³-hybridized carbons (Fsp3) is 0.636. The van der Waals surface area contributed by atoms with Crippen LogP contribution in [0.25, 0.3) is 0 Å². The minimum absolute atomic E-state index is 0.166. The van der Waals surface area contributed by atoms with Crippen LogP contribution in [0, 0.1) is 0 Å². The number of rotatable bonds is 4. The first-order chi connectivity index (χ1) is 5.57. The summed E-state index contributed by atoms with van der Waals surface area (Å²) in [5.74, 6) is 0. The van der Waals surface area contributed by atoms with Crippen LogP contribution in [-0.2, 0) is 0 Å². The molecule has 0 aliphatic carbocycles. The average molecular weight is 168 g/mol. The Morgan fingerprint density at radius 2 is 1.67 bits per heavy atom. The lowest BCUT2D eigenvalue weighted by Crippen LogP contribution is -1.85. The van der Waals surface area contributed by atoms with Crippen molar-refractivity contribution in [3.63, 3.8) is 0 Å². The van der Waals surface area contributed by atoms with Gasteiger partial charge in [0.2, 0.25) is 0 Å². The van der Waals surface area contributed by atoms with Gasteiger partial charge >= 0.3 is 0 Å². The fourth-order valence-electron chi connectivity index (χ4n) is 0.893. The zero-order valence-corrected chi connectivity index (χ0v) is 8.65.